The first-order valence-corrected chi connectivity index (χ1v) is 14.3. The Labute approximate surface area is 239 Å². The molecule has 1 amide bonds. The van der Waals surface area contributed by atoms with Crippen LogP contribution in [0, 0.1) is 20.8 Å². The molecule has 8 nitrogen and oxygen atoms in total. The van der Waals surface area contributed by atoms with Crippen molar-refractivity contribution in [3.63, 3.8) is 0 Å². The fraction of sp³-hybridized carbons (Fsp3) is 0.286. The summed E-state index contributed by atoms with van der Waals surface area (Å²) >= 11 is 12.2. The normalized spacial score (nSPS) is 11.7. The van der Waals surface area contributed by atoms with Gasteiger partial charge in [0, 0.05) is 6.54 Å². The highest BCUT2D eigenvalue weighted by Crippen LogP contribution is 2.29. The predicted molar refractivity (Wildman–Crippen MR) is 155 cm³/mol. The van der Waals surface area contributed by atoms with Crippen LogP contribution in [0.1, 0.15) is 34.7 Å². The smallest absolute Gasteiger partial charge is 0.255 e. The lowest BCUT2D eigenvalue weighted by atomic mass is 10.1. The minimum absolute atomic E-state index is 0.0980. The van der Waals surface area contributed by atoms with Crippen LogP contribution in [-0.2, 0) is 21.4 Å². The van der Waals surface area contributed by atoms with Crippen LogP contribution < -0.4 is 14.9 Å². The highest BCUT2D eigenvalue weighted by molar-refractivity contribution is 7.89. The minimum atomic E-state index is -4.08. The summed E-state index contributed by atoms with van der Waals surface area (Å²) < 4.78 is 39.6. The number of aryl methyl sites for hydroxylation is 3. The van der Waals surface area contributed by atoms with E-state index in [0.29, 0.717) is 45.4 Å². The Morgan fingerprint density at radius 1 is 1.00 bits per heavy atom. The Bertz CT molecular complexity index is 1470. The summed E-state index contributed by atoms with van der Waals surface area (Å²) in [4.78, 5) is 13.1. The molecule has 1 N–H and O–H groups in total. The third-order valence-corrected chi connectivity index (χ3v) is 8.59. The van der Waals surface area contributed by atoms with Gasteiger partial charge in [0.1, 0.15) is 0 Å². The second kappa shape index (κ2) is 13.3. The quantitative estimate of drug-likeness (QED) is 0.229. The van der Waals surface area contributed by atoms with E-state index in [2.05, 4.69) is 10.5 Å². The van der Waals surface area contributed by atoms with Gasteiger partial charge in [-0.05, 0) is 80.3 Å². The second-order valence-electron chi connectivity index (χ2n) is 8.89. The lowest BCUT2D eigenvalue weighted by molar-refractivity contribution is -0.121. The Hall–Kier alpha value is -3.11. The lowest BCUT2D eigenvalue weighted by Crippen LogP contribution is -2.39. The van der Waals surface area contributed by atoms with Gasteiger partial charge in [-0.1, -0.05) is 47.0 Å². The van der Waals surface area contributed by atoms with Gasteiger partial charge in [-0.2, -0.15) is 9.41 Å². The van der Waals surface area contributed by atoms with Gasteiger partial charge in [-0.3, -0.25) is 4.79 Å². The first-order chi connectivity index (χ1) is 18.5. The van der Waals surface area contributed by atoms with Crippen molar-refractivity contribution in [3.8, 4) is 11.5 Å². The van der Waals surface area contributed by atoms with Gasteiger partial charge in [-0.15, -0.1) is 0 Å². The van der Waals surface area contributed by atoms with Crippen molar-refractivity contribution in [1.82, 2.24) is 9.73 Å². The van der Waals surface area contributed by atoms with Crippen LogP contribution in [0.5, 0.6) is 11.5 Å². The van der Waals surface area contributed by atoms with Crippen molar-refractivity contribution >= 4 is 45.3 Å². The van der Waals surface area contributed by atoms with E-state index in [9.17, 15) is 13.2 Å². The van der Waals surface area contributed by atoms with Crippen molar-refractivity contribution in [2.45, 2.75) is 39.1 Å². The zero-order valence-electron chi connectivity index (χ0n) is 22.4. The topological polar surface area (TPSA) is 97.3 Å². The maximum absolute atomic E-state index is 13.9. The number of methoxy groups -OCH3 is 1. The highest BCUT2D eigenvalue weighted by atomic mass is 35.5. The summed E-state index contributed by atoms with van der Waals surface area (Å²) in [6.07, 6.45) is 1.43. The van der Waals surface area contributed by atoms with Crippen LogP contribution in [-0.4, -0.2) is 45.1 Å². The van der Waals surface area contributed by atoms with Crippen LogP contribution in [0.15, 0.2) is 58.5 Å². The van der Waals surface area contributed by atoms with Crippen LogP contribution in [0.25, 0.3) is 0 Å². The number of sulfonamides is 1. The molecule has 0 radical (unpaired) electrons. The third kappa shape index (κ3) is 7.73. The van der Waals surface area contributed by atoms with E-state index < -0.39 is 22.5 Å². The monoisotopic (exact) mass is 591 g/mol. The van der Waals surface area contributed by atoms with Crippen molar-refractivity contribution in [3.05, 3.63) is 86.4 Å². The van der Waals surface area contributed by atoms with Crippen molar-refractivity contribution in [2.24, 2.45) is 5.10 Å². The van der Waals surface area contributed by atoms with E-state index in [1.54, 1.807) is 62.4 Å². The molecule has 3 aromatic rings. The number of carbonyl (C=O) groups is 1. The van der Waals surface area contributed by atoms with Gasteiger partial charge in [0.25, 0.3) is 5.91 Å². The van der Waals surface area contributed by atoms with Crippen LogP contribution in [0.4, 0.5) is 0 Å². The summed E-state index contributed by atoms with van der Waals surface area (Å²) in [6.45, 7) is 7.16. The molecule has 0 aliphatic heterocycles. The molecule has 0 bridgehead atoms. The summed E-state index contributed by atoms with van der Waals surface area (Å²) in [6, 6.07) is 13.6. The number of hydrogen-bond acceptors (Lipinski definition) is 6. The molecular weight excluding hydrogens is 561 g/mol. The highest BCUT2D eigenvalue weighted by Gasteiger charge is 2.30. The number of carbonyl (C=O) groups excluding carboxylic acids is 1. The van der Waals surface area contributed by atoms with E-state index in [1.165, 1.54) is 13.3 Å². The van der Waals surface area contributed by atoms with E-state index in [1.807, 2.05) is 13.8 Å². The van der Waals surface area contributed by atoms with Crippen molar-refractivity contribution in [2.75, 3.05) is 20.3 Å². The number of nitrogens with zero attached hydrogens (tertiary/aromatic N) is 2. The first-order valence-electron chi connectivity index (χ1n) is 12.1. The maximum atomic E-state index is 13.9. The molecule has 0 aromatic heterocycles. The molecule has 0 spiro atoms. The molecular formula is C28H31Cl2N3O5S. The number of ether oxygens (including phenoxy) is 2. The first kappa shape index (κ1) is 30.4. The Balaban J connectivity index is 1.86. The molecule has 0 heterocycles. The Morgan fingerprint density at radius 2 is 1.69 bits per heavy atom. The molecule has 0 aliphatic rings. The van der Waals surface area contributed by atoms with Gasteiger partial charge < -0.3 is 9.47 Å². The number of benzene rings is 3. The van der Waals surface area contributed by atoms with E-state index in [4.69, 9.17) is 32.7 Å². The average Bonchev–Trinajstić information content (AvgIpc) is 2.86. The molecule has 3 rings (SSSR count). The van der Waals surface area contributed by atoms with Crippen molar-refractivity contribution in [1.29, 1.82) is 0 Å². The summed E-state index contributed by atoms with van der Waals surface area (Å²) in [5.41, 5.74) is 5.77. The van der Waals surface area contributed by atoms with Gasteiger partial charge in [0.05, 0.1) is 41.4 Å². The number of hydrazone groups is 1. The largest absolute Gasteiger partial charge is 0.493 e. The Kier molecular flexibility index (Phi) is 10.4. The molecule has 0 fully saturated rings. The number of rotatable bonds is 11. The van der Waals surface area contributed by atoms with Gasteiger partial charge in [0.2, 0.25) is 10.0 Å². The second-order valence-corrected chi connectivity index (χ2v) is 11.6. The van der Waals surface area contributed by atoms with Crippen LogP contribution >= 0.6 is 23.2 Å². The molecule has 3 aromatic carbocycles. The Morgan fingerprint density at radius 3 is 2.31 bits per heavy atom. The molecule has 0 unspecified atom stereocenters. The molecule has 0 aliphatic carbocycles. The van der Waals surface area contributed by atoms with E-state index >= 15 is 0 Å². The summed E-state index contributed by atoms with van der Waals surface area (Å²) in [5, 5.41) is 4.63. The zero-order chi connectivity index (χ0) is 28.7. The molecule has 0 atom stereocenters. The third-order valence-electron chi connectivity index (χ3n) is 5.76. The summed E-state index contributed by atoms with van der Waals surface area (Å²) in [7, 11) is -2.55. The standard InChI is InChI=1S/C28H31Cl2N3O5S/c1-6-38-25-10-8-21(14-26(25)37-5)15-31-32-27(34)17-33(16-22-7-9-23(29)24(30)13-22)39(35,36)28-19(3)11-18(2)12-20(28)4/h7-15H,6,16-17H2,1-5H3,(H,32,34)/b31-15+. The number of hydrogen-bond donors (Lipinski definition) is 1. The van der Waals surface area contributed by atoms with Gasteiger partial charge >= 0.3 is 0 Å². The zero-order valence-corrected chi connectivity index (χ0v) is 24.7. The molecule has 11 heteroatoms. The van der Waals surface area contributed by atoms with E-state index in [-0.39, 0.29) is 16.5 Å². The number of nitrogens with one attached hydrogen (secondary N) is 1. The fourth-order valence-electron chi connectivity index (χ4n) is 4.18. The van der Waals surface area contributed by atoms with Gasteiger partial charge in [-0.25, -0.2) is 13.8 Å². The minimum Gasteiger partial charge on any atom is -0.493 e. The van der Waals surface area contributed by atoms with Crippen LogP contribution in [0.2, 0.25) is 10.0 Å². The SMILES string of the molecule is CCOc1ccc(/C=N/NC(=O)CN(Cc2ccc(Cl)c(Cl)c2)S(=O)(=O)c2c(C)cc(C)cc2C)cc1OC. The molecule has 208 valence electrons. The van der Waals surface area contributed by atoms with E-state index in [0.717, 1.165) is 9.87 Å². The number of halogens is 2. The van der Waals surface area contributed by atoms with Crippen LogP contribution in [0.3, 0.4) is 0 Å². The maximum Gasteiger partial charge on any atom is 0.255 e. The lowest BCUT2D eigenvalue weighted by Gasteiger charge is -2.24. The molecule has 0 saturated carbocycles. The molecule has 0 saturated heterocycles. The average molecular weight is 593 g/mol. The fourth-order valence-corrected chi connectivity index (χ4v) is 6.30. The molecule has 39 heavy (non-hydrogen) atoms. The van der Waals surface area contributed by atoms with Gasteiger partial charge in [0.15, 0.2) is 11.5 Å². The predicted octanol–water partition coefficient (Wildman–Crippen LogP) is 5.67. The number of amides is 1. The summed E-state index contributed by atoms with van der Waals surface area (Å²) in [5.74, 6) is 0.496. The van der Waals surface area contributed by atoms with Crippen molar-refractivity contribution < 1.29 is 22.7 Å².